The van der Waals surface area contributed by atoms with Crippen LogP contribution in [0.2, 0.25) is 0 Å². The molecule has 0 bridgehead atoms. The van der Waals surface area contributed by atoms with Crippen LogP contribution in [0.5, 0.6) is 0 Å². The maximum Gasteiger partial charge on any atom is 0.00652 e. The van der Waals surface area contributed by atoms with Gasteiger partial charge >= 0.3 is 0 Å². The van der Waals surface area contributed by atoms with Crippen molar-refractivity contribution in [3.8, 4) is 0 Å². The SMILES string of the molecule is C[C]1CC=Cc2cccc(C)c21. The Bertz CT molecular complexity index is 321. The van der Waals surface area contributed by atoms with E-state index in [4.69, 9.17) is 0 Å². The van der Waals surface area contributed by atoms with Crippen LogP contribution in [0, 0.1) is 12.8 Å². The molecule has 0 amide bonds. The van der Waals surface area contributed by atoms with Gasteiger partial charge in [0.2, 0.25) is 0 Å². The molecule has 0 spiro atoms. The van der Waals surface area contributed by atoms with Gasteiger partial charge in [0.25, 0.3) is 0 Å². The highest BCUT2D eigenvalue weighted by Gasteiger charge is 2.13. The van der Waals surface area contributed by atoms with Crippen LogP contribution in [-0.4, -0.2) is 0 Å². The Hall–Kier alpha value is -1.04. The van der Waals surface area contributed by atoms with Crippen LogP contribution in [0.1, 0.15) is 30.0 Å². The Labute approximate surface area is 73.9 Å². The van der Waals surface area contributed by atoms with E-state index in [0.29, 0.717) is 0 Å². The molecular formula is C12H13. The summed E-state index contributed by atoms with van der Waals surface area (Å²) < 4.78 is 0. The molecule has 1 aromatic rings. The molecule has 61 valence electrons. The number of hydrogen-bond donors (Lipinski definition) is 0. The lowest BCUT2D eigenvalue weighted by Gasteiger charge is -2.19. The third kappa shape index (κ3) is 1.08. The van der Waals surface area contributed by atoms with E-state index in [1.165, 1.54) is 22.6 Å². The quantitative estimate of drug-likeness (QED) is 0.541. The monoisotopic (exact) mass is 157 g/mol. The third-order valence-electron chi connectivity index (χ3n) is 2.45. The lowest BCUT2D eigenvalue weighted by molar-refractivity contribution is 1.00. The van der Waals surface area contributed by atoms with Crippen LogP contribution in [0.4, 0.5) is 0 Å². The highest BCUT2D eigenvalue weighted by molar-refractivity contribution is 5.63. The number of hydrogen-bond acceptors (Lipinski definition) is 0. The van der Waals surface area contributed by atoms with E-state index in [0.717, 1.165) is 6.42 Å². The number of aryl methyl sites for hydroxylation is 1. The molecule has 0 atom stereocenters. The Balaban J connectivity index is 2.62. The van der Waals surface area contributed by atoms with Crippen molar-refractivity contribution in [2.24, 2.45) is 0 Å². The minimum atomic E-state index is 1.11. The molecule has 0 N–H and O–H groups in total. The minimum Gasteiger partial charge on any atom is -0.0830 e. The lowest BCUT2D eigenvalue weighted by Crippen LogP contribution is -2.02. The van der Waals surface area contributed by atoms with E-state index in [-0.39, 0.29) is 0 Å². The van der Waals surface area contributed by atoms with Crippen molar-refractivity contribution >= 4 is 6.08 Å². The molecule has 1 aliphatic carbocycles. The average Bonchev–Trinajstić information content (AvgIpc) is 2.04. The molecule has 0 aliphatic heterocycles. The molecule has 0 heteroatoms. The Morgan fingerprint density at radius 3 is 2.75 bits per heavy atom. The number of benzene rings is 1. The highest BCUT2D eigenvalue weighted by Crippen LogP contribution is 2.30. The van der Waals surface area contributed by atoms with Crippen molar-refractivity contribution in [1.29, 1.82) is 0 Å². The second-order valence-corrected chi connectivity index (χ2v) is 3.43. The second-order valence-electron chi connectivity index (χ2n) is 3.43. The summed E-state index contributed by atoms with van der Waals surface area (Å²) in [6, 6.07) is 6.49. The van der Waals surface area contributed by atoms with Gasteiger partial charge in [-0.3, -0.25) is 0 Å². The van der Waals surface area contributed by atoms with Crippen LogP contribution in [0.15, 0.2) is 24.3 Å². The standard InChI is InChI=1S/C12H13/c1-9-5-3-7-11-8-4-6-10(2)12(9)11/h3-5,7-8H,6H2,1-2H3. The molecule has 2 rings (SSSR count). The van der Waals surface area contributed by atoms with Crippen molar-refractivity contribution in [3.05, 3.63) is 46.9 Å². The fourth-order valence-electron chi connectivity index (χ4n) is 1.88. The minimum absolute atomic E-state index is 1.11. The molecular weight excluding hydrogens is 144 g/mol. The summed E-state index contributed by atoms with van der Waals surface area (Å²) in [6.45, 7) is 4.40. The molecule has 0 unspecified atom stereocenters. The van der Waals surface area contributed by atoms with Crippen molar-refractivity contribution in [2.75, 3.05) is 0 Å². The first kappa shape index (κ1) is 7.60. The molecule has 0 aromatic heterocycles. The van der Waals surface area contributed by atoms with Crippen LogP contribution in [-0.2, 0) is 0 Å². The summed E-state index contributed by atoms with van der Waals surface area (Å²) >= 11 is 0. The summed E-state index contributed by atoms with van der Waals surface area (Å²) in [6.07, 6.45) is 5.56. The topological polar surface area (TPSA) is 0 Å². The van der Waals surface area contributed by atoms with Gasteiger partial charge in [0.15, 0.2) is 0 Å². The number of allylic oxidation sites excluding steroid dienone is 1. The molecule has 1 radical (unpaired) electrons. The van der Waals surface area contributed by atoms with Crippen molar-refractivity contribution in [3.63, 3.8) is 0 Å². The van der Waals surface area contributed by atoms with Gasteiger partial charge in [0.05, 0.1) is 0 Å². The Morgan fingerprint density at radius 2 is 2.00 bits per heavy atom. The fraction of sp³-hybridized carbons (Fsp3) is 0.250. The van der Waals surface area contributed by atoms with E-state index in [2.05, 4.69) is 44.2 Å². The first-order valence-corrected chi connectivity index (χ1v) is 4.38. The summed E-state index contributed by atoms with van der Waals surface area (Å²) in [4.78, 5) is 0. The Kier molecular flexibility index (Phi) is 1.76. The third-order valence-corrected chi connectivity index (χ3v) is 2.45. The van der Waals surface area contributed by atoms with Crippen molar-refractivity contribution in [2.45, 2.75) is 20.3 Å². The summed E-state index contributed by atoms with van der Waals surface area (Å²) in [5, 5.41) is 0. The van der Waals surface area contributed by atoms with E-state index in [9.17, 15) is 0 Å². The molecule has 0 saturated carbocycles. The average molecular weight is 157 g/mol. The predicted octanol–water partition coefficient (Wildman–Crippen LogP) is 3.35. The second kappa shape index (κ2) is 2.78. The zero-order valence-electron chi connectivity index (χ0n) is 7.59. The van der Waals surface area contributed by atoms with Crippen molar-refractivity contribution < 1.29 is 0 Å². The fourth-order valence-corrected chi connectivity index (χ4v) is 1.88. The van der Waals surface area contributed by atoms with Crippen LogP contribution < -0.4 is 0 Å². The number of rotatable bonds is 0. The normalized spacial score (nSPS) is 16.2. The Morgan fingerprint density at radius 1 is 1.17 bits per heavy atom. The number of fused-ring (bicyclic) bond motifs is 1. The molecule has 12 heavy (non-hydrogen) atoms. The van der Waals surface area contributed by atoms with Gasteiger partial charge in [-0.25, -0.2) is 0 Å². The molecule has 1 aromatic carbocycles. The summed E-state index contributed by atoms with van der Waals surface area (Å²) in [5.41, 5.74) is 4.23. The van der Waals surface area contributed by atoms with Crippen LogP contribution >= 0.6 is 0 Å². The van der Waals surface area contributed by atoms with Crippen LogP contribution in [0.25, 0.3) is 6.08 Å². The van der Waals surface area contributed by atoms with Gasteiger partial charge in [-0.2, -0.15) is 0 Å². The lowest BCUT2D eigenvalue weighted by atomic mass is 9.85. The van der Waals surface area contributed by atoms with Gasteiger partial charge in [0, 0.05) is 5.92 Å². The van der Waals surface area contributed by atoms with Gasteiger partial charge in [-0.15, -0.1) is 0 Å². The predicted molar refractivity (Wildman–Crippen MR) is 52.8 cm³/mol. The van der Waals surface area contributed by atoms with Gasteiger partial charge in [-0.05, 0) is 30.0 Å². The van der Waals surface area contributed by atoms with E-state index in [1.807, 2.05) is 0 Å². The van der Waals surface area contributed by atoms with Gasteiger partial charge in [0.1, 0.15) is 0 Å². The molecule has 0 nitrogen and oxygen atoms in total. The summed E-state index contributed by atoms with van der Waals surface area (Å²) in [5.74, 6) is 1.49. The van der Waals surface area contributed by atoms with Crippen molar-refractivity contribution in [1.82, 2.24) is 0 Å². The van der Waals surface area contributed by atoms with E-state index >= 15 is 0 Å². The largest absolute Gasteiger partial charge is 0.0830 e. The van der Waals surface area contributed by atoms with Crippen LogP contribution in [0.3, 0.4) is 0 Å². The summed E-state index contributed by atoms with van der Waals surface area (Å²) in [7, 11) is 0. The van der Waals surface area contributed by atoms with E-state index < -0.39 is 0 Å². The molecule has 0 heterocycles. The first-order valence-electron chi connectivity index (χ1n) is 4.38. The highest BCUT2D eigenvalue weighted by atomic mass is 14.2. The van der Waals surface area contributed by atoms with Gasteiger partial charge in [-0.1, -0.05) is 37.3 Å². The molecule has 1 aliphatic rings. The van der Waals surface area contributed by atoms with Gasteiger partial charge < -0.3 is 0 Å². The zero-order valence-corrected chi connectivity index (χ0v) is 7.59. The van der Waals surface area contributed by atoms with E-state index in [1.54, 1.807) is 0 Å². The first-order chi connectivity index (χ1) is 5.79. The molecule has 0 saturated heterocycles. The maximum absolute atomic E-state index is 2.23. The maximum atomic E-state index is 2.23. The smallest absolute Gasteiger partial charge is 0.00652 e. The molecule has 0 fully saturated rings. The zero-order chi connectivity index (χ0) is 8.55.